The fourth-order valence-electron chi connectivity index (χ4n) is 1.75. The Morgan fingerprint density at radius 2 is 1.73 bits per heavy atom. The highest BCUT2D eigenvalue weighted by atomic mass is 16.5. The SMILES string of the molecule is CC.CC(C)C1CN(C(C)C)CCCO1. The molecule has 1 rings (SSSR count). The molecule has 0 aromatic rings. The van der Waals surface area contributed by atoms with E-state index >= 15 is 0 Å². The van der Waals surface area contributed by atoms with Crippen molar-refractivity contribution in [2.75, 3.05) is 19.7 Å². The molecular weight excluding hydrogens is 186 g/mol. The van der Waals surface area contributed by atoms with E-state index in [4.69, 9.17) is 4.74 Å². The molecule has 1 unspecified atom stereocenters. The minimum atomic E-state index is 0.435. The molecule has 1 aliphatic rings. The monoisotopic (exact) mass is 215 g/mol. The van der Waals surface area contributed by atoms with Crippen molar-refractivity contribution in [3.63, 3.8) is 0 Å². The van der Waals surface area contributed by atoms with E-state index in [2.05, 4.69) is 32.6 Å². The van der Waals surface area contributed by atoms with Gasteiger partial charge in [0.2, 0.25) is 0 Å². The summed E-state index contributed by atoms with van der Waals surface area (Å²) in [6.45, 7) is 16.3. The second kappa shape index (κ2) is 8.12. The fraction of sp³-hybridized carbons (Fsp3) is 1.00. The number of rotatable bonds is 2. The Morgan fingerprint density at radius 1 is 1.13 bits per heavy atom. The molecule has 1 saturated heterocycles. The van der Waals surface area contributed by atoms with E-state index in [-0.39, 0.29) is 0 Å². The van der Waals surface area contributed by atoms with Gasteiger partial charge in [-0.25, -0.2) is 0 Å². The number of hydrogen-bond donors (Lipinski definition) is 0. The van der Waals surface area contributed by atoms with Gasteiger partial charge in [0.15, 0.2) is 0 Å². The van der Waals surface area contributed by atoms with E-state index in [0.717, 1.165) is 13.2 Å². The highest BCUT2D eigenvalue weighted by Crippen LogP contribution is 2.14. The van der Waals surface area contributed by atoms with Gasteiger partial charge in [-0.1, -0.05) is 27.7 Å². The first-order valence-corrected chi connectivity index (χ1v) is 6.47. The van der Waals surface area contributed by atoms with Gasteiger partial charge in [0.1, 0.15) is 0 Å². The molecule has 0 aromatic heterocycles. The van der Waals surface area contributed by atoms with Crippen LogP contribution >= 0.6 is 0 Å². The Balaban J connectivity index is 0.000000921. The van der Waals surface area contributed by atoms with Gasteiger partial charge in [-0.2, -0.15) is 0 Å². The molecule has 0 N–H and O–H groups in total. The predicted molar refractivity (Wildman–Crippen MR) is 67.3 cm³/mol. The van der Waals surface area contributed by atoms with Crippen LogP contribution in [-0.2, 0) is 4.74 Å². The summed E-state index contributed by atoms with van der Waals surface area (Å²) in [6, 6.07) is 0.656. The van der Waals surface area contributed by atoms with Crippen molar-refractivity contribution < 1.29 is 4.74 Å². The maximum absolute atomic E-state index is 5.80. The maximum Gasteiger partial charge on any atom is 0.0724 e. The average Bonchev–Trinajstić information content (AvgIpc) is 2.45. The van der Waals surface area contributed by atoms with Gasteiger partial charge in [0.25, 0.3) is 0 Å². The summed E-state index contributed by atoms with van der Waals surface area (Å²) in [6.07, 6.45) is 1.62. The Kier molecular flexibility index (Phi) is 8.07. The standard InChI is InChI=1S/C11H23NO.C2H6/c1-9(2)11-8-12(10(3)4)6-5-7-13-11;1-2/h9-11H,5-8H2,1-4H3;1-2H3. The van der Waals surface area contributed by atoms with Gasteiger partial charge in [-0.15, -0.1) is 0 Å². The molecule has 0 saturated carbocycles. The Bertz CT molecular complexity index is 129. The second-order valence-corrected chi connectivity index (χ2v) is 4.60. The molecule has 1 fully saturated rings. The third kappa shape index (κ3) is 5.53. The predicted octanol–water partition coefficient (Wildman–Crippen LogP) is 3.17. The average molecular weight is 215 g/mol. The van der Waals surface area contributed by atoms with Crippen molar-refractivity contribution >= 4 is 0 Å². The van der Waals surface area contributed by atoms with E-state index in [9.17, 15) is 0 Å². The van der Waals surface area contributed by atoms with Crippen LogP contribution in [0, 0.1) is 5.92 Å². The lowest BCUT2D eigenvalue weighted by Gasteiger charge is -2.28. The van der Waals surface area contributed by atoms with Crippen LogP contribution in [-0.4, -0.2) is 36.7 Å². The minimum absolute atomic E-state index is 0.435. The summed E-state index contributed by atoms with van der Waals surface area (Å²) >= 11 is 0. The topological polar surface area (TPSA) is 12.5 Å². The number of hydrogen-bond acceptors (Lipinski definition) is 2. The Labute approximate surface area is 96.0 Å². The summed E-state index contributed by atoms with van der Waals surface area (Å²) in [7, 11) is 0. The van der Waals surface area contributed by atoms with Crippen molar-refractivity contribution in [1.29, 1.82) is 0 Å². The molecule has 0 radical (unpaired) electrons. The maximum atomic E-state index is 5.80. The molecule has 2 nitrogen and oxygen atoms in total. The zero-order chi connectivity index (χ0) is 11.8. The minimum Gasteiger partial charge on any atom is -0.377 e. The first kappa shape index (κ1) is 14.9. The molecule has 0 bridgehead atoms. The lowest BCUT2D eigenvalue weighted by atomic mass is 10.1. The van der Waals surface area contributed by atoms with E-state index in [0.29, 0.717) is 18.1 Å². The zero-order valence-electron chi connectivity index (χ0n) is 11.4. The number of ether oxygens (including phenoxy) is 1. The zero-order valence-corrected chi connectivity index (χ0v) is 11.4. The second-order valence-electron chi connectivity index (χ2n) is 4.60. The summed E-state index contributed by atoms with van der Waals surface area (Å²) < 4.78 is 5.80. The van der Waals surface area contributed by atoms with E-state index in [1.54, 1.807) is 0 Å². The van der Waals surface area contributed by atoms with Crippen LogP contribution in [0.1, 0.15) is 48.0 Å². The Morgan fingerprint density at radius 3 is 2.20 bits per heavy atom. The largest absolute Gasteiger partial charge is 0.377 e. The van der Waals surface area contributed by atoms with Crippen LogP contribution in [0.25, 0.3) is 0 Å². The summed E-state index contributed by atoms with van der Waals surface area (Å²) in [4.78, 5) is 2.53. The lowest BCUT2D eigenvalue weighted by Crippen LogP contribution is -2.38. The van der Waals surface area contributed by atoms with Crippen LogP contribution in [0.5, 0.6) is 0 Å². The molecule has 1 aliphatic heterocycles. The molecule has 15 heavy (non-hydrogen) atoms. The molecule has 0 spiro atoms. The first-order chi connectivity index (χ1) is 7.11. The van der Waals surface area contributed by atoms with Crippen molar-refractivity contribution in [3.8, 4) is 0 Å². The summed E-state index contributed by atoms with van der Waals surface area (Å²) in [5.41, 5.74) is 0. The number of nitrogens with zero attached hydrogens (tertiary/aromatic N) is 1. The quantitative estimate of drug-likeness (QED) is 0.701. The molecule has 1 heterocycles. The summed E-state index contributed by atoms with van der Waals surface area (Å²) in [5.74, 6) is 0.638. The normalized spacial score (nSPS) is 23.6. The van der Waals surface area contributed by atoms with Gasteiger partial charge < -0.3 is 4.74 Å². The molecule has 1 atom stereocenters. The van der Waals surface area contributed by atoms with Gasteiger partial charge in [-0.05, 0) is 26.2 Å². The van der Waals surface area contributed by atoms with Gasteiger partial charge in [0, 0.05) is 25.7 Å². The molecule has 0 aliphatic carbocycles. The highest BCUT2D eigenvalue weighted by molar-refractivity contribution is 4.74. The van der Waals surface area contributed by atoms with Gasteiger partial charge in [0.05, 0.1) is 6.10 Å². The summed E-state index contributed by atoms with van der Waals surface area (Å²) in [5, 5.41) is 0. The van der Waals surface area contributed by atoms with Crippen molar-refractivity contribution in [2.24, 2.45) is 5.92 Å². The third-order valence-corrected chi connectivity index (χ3v) is 2.81. The molecular formula is C13H29NO. The van der Waals surface area contributed by atoms with Crippen LogP contribution in [0.4, 0.5) is 0 Å². The van der Waals surface area contributed by atoms with Crippen LogP contribution in [0.15, 0.2) is 0 Å². The van der Waals surface area contributed by atoms with E-state index in [1.807, 2.05) is 13.8 Å². The van der Waals surface area contributed by atoms with Crippen molar-refractivity contribution in [3.05, 3.63) is 0 Å². The molecule has 0 aromatic carbocycles. The highest BCUT2D eigenvalue weighted by Gasteiger charge is 2.22. The van der Waals surface area contributed by atoms with E-state index < -0.39 is 0 Å². The van der Waals surface area contributed by atoms with Gasteiger partial charge in [-0.3, -0.25) is 4.90 Å². The van der Waals surface area contributed by atoms with Crippen LogP contribution in [0.3, 0.4) is 0 Å². The van der Waals surface area contributed by atoms with Crippen LogP contribution < -0.4 is 0 Å². The molecule has 92 valence electrons. The lowest BCUT2D eigenvalue weighted by molar-refractivity contribution is 0.0195. The van der Waals surface area contributed by atoms with Gasteiger partial charge >= 0.3 is 0 Å². The third-order valence-electron chi connectivity index (χ3n) is 2.81. The van der Waals surface area contributed by atoms with Crippen molar-refractivity contribution in [1.82, 2.24) is 4.90 Å². The van der Waals surface area contributed by atoms with E-state index in [1.165, 1.54) is 13.0 Å². The Hall–Kier alpha value is -0.0800. The smallest absolute Gasteiger partial charge is 0.0724 e. The molecule has 0 amide bonds. The fourth-order valence-corrected chi connectivity index (χ4v) is 1.75. The van der Waals surface area contributed by atoms with Crippen LogP contribution in [0.2, 0.25) is 0 Å². The van der Waals surface area contributed by atoms with Crippen molar-refractivity contribution in [2.45, 2.75) is 60.1 Å². The molecule has 2 heteroatoms. The first-order valence-electron chi connectivity index (χ1n) is 6.47.